The second-order valence-corrected chi connectivity index (χ2v) is 5.41. The van der Waals surface area contributed by atoms with Crippen molar-refractivity contribution in [3.63, 3.8) is 0 Å². The first kappa shape index (κ1) is 13.9. The number of rotatable bonds is 3. The molecule has 0 saturated carbocycles. The van der Waals surface area contributed by atoms with Crippen molar-refractivity contribution in [3.05, 3.63) is 41.4 Å². The van der Waals surface area contributed by atoms with E-state index >= 15 is 0 Å². The molecule has 3 rings (SSSR count). The van der Waals surface area contributed by atoms with Gasteiger partial charge in [-0.05, 0) is 19.9 Å². The molecule has 21 heavy (non-hydrogen) atoms. The number of nitrogens with zero attached hydrogens (tertiary/aromatic N) is 3. The summed E-state index contributed by atoms with van der Waals surface area (Å²) < 4.78 is 12.8. The number of hydrogen-bond donors (Lipinski definition) is 0. The molecule has 6 nitrogen and oxygen atoms in total. The van der Waals surface area contributed by atoms with Crippen LogP contribution in [-0.2, 0) is 11.3 Å². The molecule has 0 bridgehead atoms. The van der Waals surface area contributed by atoms with Gasteiger partial charge >= 0.3 is 0 Å². The molecule has 1 amide bonds. The van der Waals surface area contributed by atoms with E-state index in [1.54, 1.807) is 25.7 Å². The highest BCUT2D eigenvalue weighted by atomic mass is 16.5. The Labute approximate surface area is 123 Å². The minimum Gasteiger partial charge on any atom is -0.466 e. The molecular formula is C15H19N3O3. The smallest absolute Gasteiger partial charge is 0.257 e. The number of aromatic nitrogens is 2. The van der Waals surface area contributed by atoms with Crippen LogP contribution in [0.3, 0.4) is 0 Å². The van der Waals surface area contributed by atoms with Crippen LogP contribution in [0.15, 0.2) is 23.0 Å². The van der Waals surface area contributed by atoms with Crippen molar-refractivity contribution >= 4 is 5.91 Å². The Kier molecular flexibility index (Phi) is 3.55. The van der Waals surface area contributed by atoms with Crippen molar-refractivity contribution in [1.82, 2.24) is 14.5 Å². The fourth-order valence-corrected chi connectivity index (χ4v) is 2.88. The van der Waals surface area contributed by atoms with Crippen molar-refractivity contribution in [2.24, 2.45) is 0 Å². The summed E-state index contributed by atoms with van der Waals surface area (Å²) in [4.78, 5) is 18.7. The molecule has 1 atom stereocenters. The molecule has 0 fully saturated rings. The van der Waals surface area contributed by atoms with Crippen molar-refractivity contribution in [1.29, 1.82) is 0 Å². The van der Waals surface area contributed by atoms with Crippen molar-refractivity contribution in [2.75, 3.05) is 20.3 Å². The molecule has 1 aliphatic rings. The summed E-state index contributed by atoms with van der Waals surface area (Å²) in [6.45, 7) is 5.39. The summed E-state index contributed by atoms with van der Waals surface area (Å²) >= 11 is 0. The lowest BCUT2D eigenvalue weighted by molar-refractivity contribution is 0.0598. The van der Waals surface area contributed by atoms with Crippen LogP contribution in [0, 0.1) is 13.8 Å². The summed E-state index contributed by atoms with van der Waals surface area (Å²) in [5.41, 5.74) is 1.66. The van der Waals surface area contributed by atoms with Gasteiger partial charge in [-0.15, -0.1) is 0 Å². The maximum atomic E-state index is 12.7. The number of ether oxygens (including phenoxy) is 1. The van der Waals surface area contributed by atoms with Gasteiger partial charge < -0.3 is 18.6 Å². The van der Waals surface area contributed by atoms with Gasteiger partial charge in [-0.25, -0.2) is 4.98 Å². The first-order valence-corrected chi connectivity index (χ1v) is 6.96. The topological polar surface area (TPSA) is 60.5 Å². The quantitative estimate of drug-likeness (QED) is 0.866. The predicted molar refractivity (Wildman–Crippen MR) is 76.1 cm³/mol. The van der Waals surface area contributed by atoms with E-state index in [2.05, 4.69) is 9.55 Å². The average Bonchev–Trinajstić information content (AvgIpc) is 3.04. The zero-order chi connectivity index (χ0) is 15.0. The lowest BCUT2D eigenvalue weighted by Crippen LogP contribution is -2.42. The van der Waals surface area contributed by atoms with E-state index in [9.17, 15) is 4.79 Å². The SMILES string of the molecule is COCC1CN(C(=O)c2cc(C)oc2C)Cc2cncn21. The standard InChI is InChI=1S/C15H19N3O3/c1-10-4-14(11(2)21-10)15(19)17-6-12-5-16-9-18(12)13(7-17)8-20-3/h4-5,9,13H,6-8H2,1-3H3. The number of carbonyl (C=O) groups excluding carboxylic acids is 1. The Morgan fingerprint density at radius 2 is 2.33 bits per heavy atom. The first-order valence-electron chi connectivity index (χ1n) is 6.96. The highest BCUT2D eigenvalue weighted by molar-refractivity contribution is 5.95. The molecule has 112 valence electrons. The van der Waals surface area contributed by atoms with Gasteiger partial charge in [0.25, 0.3) is 5.91 Å². The molecule has 0 aromatic carbocycles. The molecule has 1 aliphatic heterocycles. The molecule has 0 spiro atoms. The van der Waals surface area contributed by atoms with Gasteiger partial charge in [-0.2, -0.15) is 0 Å². The van der Waals surface area contributed by atoms with Gasteiger partial charge in [0, 0.05) is 19.9 Å². The van der Waals surface area contributed by atoms with Gasteiger partial charge in [0.2, 0.25) is 0 Å². The van der Waals surface area contributed by atoms with Gasteiger partial charge in [0.15, 0.2) is 0 Å². The lowest BCUT2D eigenvalue weighted by atomic mass is 10.1. The molecule has 0 N–H and O–H groups in total. The maximum Gasteiger partial charge on any atom is 0.257 e. The second kappa shape index (κ2) is 5.37. The van der Waals surface area contributed by atoms with E-state index < -0.39 is 0 Å². The Morgan fingerprint density at radius 1 is 1.52 bits per heavy atom. The molecular weight excluding hydrogens is 270 g/mol. The van der Waals surface area contributed by atoms with Gasteiger partial charge in [0.1, 0.15) is 11.5 Å². The number of furan rings is 1. The normalized spacial score (nSPS) is 17.9. The van der Waals surface area contributed by atoms with E-state index in [0.29, 0.717) is 31.0 Å². The van der Waals surface area contributed by atoms with E-state index in [4.69, 9.17) is 9.15 Å². The van der Waals surface area contributed by atoms with Crippen molar-refractivity contribution in [2.45, 2.75) is 26.4 Å². The van der Waals surface area contributed by atoms with Crippen LogP contribution in [0.4, 0.5) is 0 Å². The third-order valence-electron chi connectivity index (χ3n) is 3.84. The number of imidazole rings is 1. The van der Waals surface area contributed by atoms with Crippen LogP contribution in [0.25, 0.3) is 0 Å². The zero-order valence-corrected chi connectivity index (χ0v) is 12.5. The molecule has 0 radical (unpaired) electrons. The van der Waals surface area contributed by atoms with Crippen LogP contribution < -0.4 is 0 Å². The lowest BCUT2D eigenvalue weighted by Gasteiger charge is -2.34. The van der Waals surface area contributed by atoms with Crippen LogP contribution in [0.5, 0.6) is 0 Å². The maximum absolute atomic E-state index is 12.7. The molecule has 1 unspecified atom stereocenters. The van der Waals surface area contributed by atoms with Crippen LogP contribution in [0.2, 0.25) is 0 Å². The second-order valence-electron chi connectivity index (χ2n) is 5.41. The number of methoxy groups -OCH3 is 1. The third kappa shape index (κ3) is 2.47. The van der Waals surface area contributed by atoms with Crippen molar-refractivity contribution < 1.29 is 13.9 Å². The van der Waals surface area contributed by atoms with Crippen LogP contribution in [-0.4, -0.2) is 40.6 Å². The number of fused-ring (bicyclic) bond motifs is 1. The summed E-state index contributed by atoms with van der Waals surface area (Å²) in [6.07, 6.45) is 3.60. The minimum atomic E-state index is -0.00194. The van der Waals surface area contributed by atoms with Crippen molar-refractivity contribution in [3.8, 4) is 0 Å². The monoisotopic (exact) mass is 289 g/mol. The molecule has 2 aromatic heterocycles. The van der Waals surface area contributed by atoms with Gasteiger partial charge in [-0.3, -0.25) is 4.79 Å². The number of hydrogen-bond acceptors (Lipinski definition) is 4. The summed E-state index contributed by atoms with van der Waals surface area (Å²) in [6, 6.07) is 1.90. The average molecular weight is 289 g/mol. The predicted octanol–water partition coefficient (Wildman–Crippen LogP) is 1.94. The fraction of sp³-hybridized carbons (Fsp3) is 0.467. The van der Waals surface area contributed by atoms with E-state index in [0.717, 1.165) is 11.5 Å². The van der Waals surface area contributed by atoms with E-state index in [-0.39, 0.29) is 11.9 Å². The molecule has 3 heterocycles. The Bertz CT molecular complexity index is 659. The largest absolute Gasteiger partial charge is 0.466 e. The summed E-state index contributed by atoms with van der Waals surface area (Å²) in [5, 5.41) is 0. The Balaban J connectivity index is 1.87. The molecule has 0 saturated heterocycles. The zero-order valence-electron chi connectivity index (χ0n) is 12.5. The summed E-state index contributed by atoms with van der Waals surface area (Å²) in [5.74, 6) is 1.42. The highest BCUT2D eigenvalue weighted by Gasteiger charge is 2.29. The third-order valence-corrected chi connectivity index (χ3v) is 3.84. The molecule has 2 aromatic rings. The minimum absolute atomic E-state index is 0.00194. The van der Waals surface area contributed by atoms with E-state index in [1.807, 2.05) is 18.7 Å². The molecule has 0 aliphatic carbocycles. The van der Waals surface area contributed by atoms with Crippen LogP contribution >= 0.6 is 0 Å². The Morgan fingerprint density at radius 3 is 3.00 bits per heavy atom. The van der Waals surface area contributed by atoms with E-state index in [1.165, 1.54) is 0 Å². The van der Waals surface area contributed by atoms with Gasteiger partial charge in [-0.1, -0.05) is 0 Å². The number of aryl methyl sites for hydroxylation is 2. The highest BCUT2D eigenvalue weighted by Crippen LogP contribution is 2.24. The Hall–Kier alpha value is -2.08. The summed E-state index contributed by atoms with van der Waals surface area (Å²) in [7, 11) is 1.67. The first-order chi connectivity index (χ1) is 10.1. The number of amides is 1. The van der Waals surface area contributed by atoms with Crippen LogP contribution in [0.1, 0.15) is 33.6 Å². The molecule has 6 heteroatoms. The fourth-order valence-electron chi connectivity index (χ4n) is 2.88. The van der Waals surface area contributed by atoms with Gasteiger partial charge in [0.05, 0.1) is 36.8 Å². The number of carbonyl (C=O) groups is 1.